The third-order valence-electron chi connectivity index (χ3n) is 6.90. The van der Waals surface area contributed by atoms with Crippen LogP contribution >= 0.6 is 0 Å². The van der Waals surface area contributed by atoms with Crippen molar-refractivity contribution in [2.75, 3.05) is 47.0 Å². The number of piperidine rings is 2. The Balaban J connectivity index is 1.48. The van der Waals surface area contributed by atoms with Crippen LogP contribution in [0.15, 0.2) is 30.5 Å². The largest absolute Gasteiger partial charge is 0.496 e. The molecule has 6 heteroatoms. The lowest BCUT2D eigenvalue weighted by molar-refractivity contribution is -0.133. The summed E-state index contributed by atoms with van der Waals surface area (Å²) in [5, 5.41) is 1.04. The molecule has 0 radical (unpaired) electrons. The lowest BCUT2D eigenvalue weighted by Gasteiger charge is -2.45. The Morgan fingerprint density at radius 1 is 1.13 bits per heavy atom. The van der Waals surface area contributed by atoms with Gasteiger partial charge in [-0.3, -0.25) is 4.79 Å². The minimum absolute atomic E-state index is 0.167. The molecule has 0 saturated carbocycles. The number of ether oxygens (including phenoxy) is 2. The molecule has 2 aromatic rings. The first kappa shape index (κ1) is 21.2. The van der Waals surface area contributed by atoms with E-state index >= 15 is 0 Å². The van der Waals surface area contributed by atoms with Crippen LogP contribution in [0.2, 0.25) is 0 Å². The van der Waals surface area contributed by atoms with Crippen LogP contribution in [-0.2, 0) is 16.1 Å². The molecule has 0 unspecified atom stereocenters. The number of carbonyl (C=O) groups excluding carboxylic acids is 1. The van der Waals surface area contributed by atoms with Crippen LogP contribution in [0.4, 0.5) is 0 Å². The van der Waals surface area contributed by atoms with Gasteiger partial charge >= 0.3 is 0 Å². The minimum atomic E-state index is 0.167. The number of methoxy groups -OCH3 is 2. The SMILES string of the molecule is COCCN(C[C@@H]1CCCN2CCCC[C@H]12)C(=O)Cn1ccc2c(OC)cccc21. The number of hydrogen-bond acceptors (Lipinski definition) is 4. The van der Waals surface area contributed by atoms with Gasteiger partial charge in [-0.05, 0) is 62.9 Å². The van der Waals surface area contributed by atoms with E-state index < -0.39 is 0 Å². The number of hydrogen-bond donors (Lipinski definition) is 0. The fourth-order valence-electron chi connectivity index (χ4n) is 5.35. The van der Waals surface area contributed by atoms with Crippen molar-refractivity contribution in [1.29, 1.82) is 0 Å². The molecule has 3 heterocycles. The van der Waals surface area contributed by atoms with E-state index in [1.54, 1.807) is 14.2 Å². The van der Waals surface area contributed by atoms with E-state index in [1.165, 1.54) is 45.2 Å². The standard InChI is InChI=1S/C24H35N3O3/c1-29-16-15-27(17-19-7-6-13-25-12-4-3-8-21(19)25)24(28)18-26-14-11-20-22(26)9-5-10-23(20)30-2/h5,9-11,14,19,21H,3-4,6-8,12-13,15-18H2,1-2H3/t19-,21+/m0/s1. The predicted molar refractivity (Wildman–Crippen MR) is 119 cm³/mol. The van der Waals surface area contributed by atoms with Crippen LogP contribution in [0.5, 0.6) is 5.75 Å². The fraction of sp³-hybridized carbons (Fsp3) is 0.625. The number of aromatic nitrogens is 1. The second-order valence-corrected chi connectivity index (χ2v) is 8.67. The van der Waals surface area contributed by atoms with Gasteiger partial charge < -0.3 is 23.8 Å². The highest BCUT2D eigenvalue weighted by Crippen LogP contribution is 2.32. The molecule has 2 atom stereocenters. The zero-order valence-electron chi connectivity index (χ0n) is 18.4. The van der Waals surface area contributed by atoms with E-state index in [0.29, 0.717) is 31.7 Å². The first-order valence-corrected chi connectivity index (χ1v) is 11.3. The highest BCUT2D eigenvalue weighted by molar-refractivity contribution is 5.88. The van der Waals surface area contributed by atoms with Crippen molar-refractivity contribution in [2.45, 2.75) is 44.7 Å². The third-order valence-corrected chi connectivity index (χ3v) is 6.90. The summed E-state index contributed by atoms with van der Waals surface area (Å²) in [6.07, 6.45) is 8.37. The summed E-state index contributed by atoms with van der Waals surface area (Å²) >= 11 is 0. The summed E-state index contributed by atoms with van der Waals surface area (Å²) in [5.41, 5.74) is 1.03. The van der Waals surface area contributed by atoms with Gasteiger partial charge in [0.25, 0.3) is 0 Å². The first-order chi connectivity index (χ1) is 14.7. The number of carbonyl (C=O) groups is 1. The van der Waals surface area contributed by atoms with Gasteiger partial charge in [0.05, 0.1) is 19.2 Å². The van der Waals surface area contributed by atoms with E-state index in [0.717, 1.165) is 23.2 Å². The second kappa shape index (κ2) is 9.84. The van der Waals surface area contributed by atoms with Crippen LogP contribution in [0.3, 0.4) is 0 Å². The highest BCUT2D eigenvalue weighted by atomic mass is 16.5. The van der Waals surface area contributed by atoms with Gasteiger partial charge in [0.15, 0.2) is 0 Å². The highest BCUT2D eigenvalue weighted by Gasteiger charge is 2.34. The Hall–Kier alpha value is -2.05. The number of benzene rings is 1. The Morgan fingerprint density at radius 3 is 2.83 bits per heavy atom. The number of rotatable bonds is 8. The monoisotopic (exact) mass is 413 g/mol. The lowest BCUT2D eigenvalue weighted by atomic mass is 9.83. The molecule has 0 spiro atoms. The molecule has 2 fully saturated rings. The second-order valence-electron chi connectivity index (χ2n) is 8.67. The van der Waals surface area contributed by atoms with Gasteiger partial charge in [-0.25, -0.2) is 0 Å². The van der Waals surface area contributed by atoms with Crippen LogP contribution in [0.25, 0.3) is 10.9 Å². The zero-order chi connectivity index (χ0) is 20.9. The van der Waals surface area contributed by atoms with E-state index in [2.05, 4.69) is 4.90 Å². The maximum Gasteiger partial charge on any atom is 0.242 e. The maximum atomic E-state index is 13.4. The molecule has 4 rings (SSSR count). The normalized spacial score (nSPS) is 22.1. The average molecular weight is 414 g/mol. The minimum Gasteiger partial charge on any atom is -0.496 e. The van der Waals surface area contributed by atoms with Crippen LogP contribution in [-0.4, -0.2) is 73.3 Å². The van der Waals surface area contributed by atoms with Gasteiger partial charge in [0.2, 0.25) is 5.91 Å². The molecule has 1 aromatic carbocycles. The molecule has 2 aliphatic heterocycles. The molecule has 0 bridgehead atoms. The van der Waals surface area contributed by atoms with Crippen molar-refractivity contribution in [3.63, 3.8) is 0 Å². The lowest BCUT2D eigenvalue weighted by Crippen LogP contribution is -2.52. The predicted octanol–water partition coefficient (Wildman–Crippen LogP) is 3.39. The summed E-state index contributed by atoms with van der Waals surface area (Å²) in [6.45, 7) is 4.87. The van der Waals surface area contributed by atoms with Crippen LogP contribution < -0.4 is 4.74 Å². The summed E-state index contributed by atoms with van der Waals surface area (Å²) in [6, 6.07) is 8.65. The van der Waals surface area contributed by atoms with Gasteiger partial charge in [-0.1, -0.05) is 12.5 Å². The molecule has 0 aliphatic carbocycles. The Kier molecular flexibility index (Phi) is 6.95. The third kappa shape index (κ3) is 4.49. The van der Waals surface area contributed by atoms with Crippen molar-refractivity contribution < 1.29 is 14.3 Å². The van der Waals surface area contributed by atoms with E-state index in [4.69, 9.17) is 9.47 Å². The molecular formula is C24H35N3O3. The molecule has 1 amide bonds. The van der Waals surface area contributed by atoms with Crippen LogP contribution in [0.1, 0.15) is 32.1 Å². The Labute approximate surface area is 179 Å². The van der Waals surface area contributed by atoms with Crippen molar-refractivity contribution in [3.05, 3.63) is 30.5 Å². The molecule has 1 aromatic heterocycles. The van der Waals surface area contributed by atoms with Gasteiger partial charge in [-0.2, -0.15) is 0 Å². The maximum absolute atomic E-state index is 13.4. The number of amides is 1. The molecule has 164 valence electrons. The summed E-state index contributed by atoms with van der Waals surface area (Å²) < 4.78 is 12.8. The van der Waals surface area contributed by atoms with Crippen molar-refractivity contribution in [1.82, 2.24) is 14.4 Å². The summed E-state index contributed by atoms with van der Waals surface area (Å²) in [7, 11) is 3.39. The summed E-state index contributed by atoms with van der Waals surface area (Å²) in [5.74, 6) is 1.58. The van der Waals surface area contributed by atoms with Crippen LogP contribution in [0, 0.1) is 5.92 Å². The Bertz CT molecular complexity index is 847. The Morgan fingerprint density at radius 2 is 2.00 bits per heavy atom. The van der Waals surface area contributed by atoms with E-state index in [9.17, 15) is 4.79 Å². The first-order valence-electron chi connectivity index (χ1n) is 11.3. The molecular weight excluding hydrogens is 378 g/mol. The zero-order valence-corrected chi connectivity index (χ0v) is 18.4. The van der Waals surface area contributed by atoms with Gasteiger partial charge in [-0.15, -0.1) is 0 Å². The molecule has 30 heavy (non-hydrogen) atoms. The molecule has 2 aliphatic rings. The summed E-state index contributed by atoms with van der Waals surface area (Å²) in [4.78, 5) is 18.1. The number of fused-ring (bicyclic) bond motifs is 2. The number of nitrogens with zero attached hydrogens (tertiary/aromatic N) is 3. The van der Waals surface area contributed by atoms with Gasteiger partial charge in [0, 0.05) is 37.8 Å². The molecule has 6 nitrogen and oxygen atoms in total. The molecule has 0 N–H and O–H groups in total. The van der Waals surface area contributed by atoms with E-state index in [1.807, 2.05) is 39.9 Å². The molecule has 2 saturated heterocycles. The quantitative estimate of drug-likeness (QED) is 0.666. The topological polar surface area (TPSA) is 46.9 Å². The van der Waals surface area contributed by atoms with Crippen molar-refractivity contribution >= 4 is 16.8 Å². The average Bonchev–Trinajstić information content (AvgIpc) is 3.19. The van der Waals surface area contributed by atoms with Crippen molar-refractivity contribution in [2.24, 2.45) is 5.92 Å². The smallest absolute Gasteiger partial charge is 0.242 e. The fourth-order valence-corrected chi connectivity index (χ4v) is 5.35. The van der Waals surface area contributed by atoms with Crippen molar-refractivity contribution in [3.8, 4) is 5.75 Å². The van der Waals surface area contributed by atoms with E-state index in [-0.39, 0.29) is 5.91 Å². The van der Waals surface area contributed by atoms with Gasteiger partial charge in [0.1, 0.15) is 12.3 Å².